The molecule has 8 nitrogen and oxygen atoms in total. The summed E-state index contributed by atoms with van der Waals surface area (Å²) in [4.78, 5) is 28.6. The fourth-order valence-electron chi connectivity index (χ4n) is 2.86. The highest BCUT2D eigenvalue weighted by Gasteiger charge is 2.36. The summed E-state index contributed by atoms with van der Waals surface area (Å²) < 4.78 is 11.4. The van der Waals surface area contributed by atoms with Crippen LogP contribution in [0.15, 0.2) is 34.6 Å². The highest BCUT2D eigenvalue weighted by Crippen LogP contribution is 2.39. The molecule has 1 aromatic carbocycles. The maximum absolute atomic E-state index is 12.7. The number of carbonyl (C=O) groups excluding carboxylic acids is 2. The van der Waals surface area contributed by atoms with Gasteiger partial charge in [-0.25, -0.2) is 9.48 Å². The Balaban J connectivity index is 2.08. The molecule has 11 heteroatoms. The number of methoxy groups -OCH3 is 1. The molecule has 0 saturated heterocycles. The second-order valence-electron chi connectivity index (χ2n) is 5.98. The van der Waals surface area contributed by atoms with Crippen LogP contribution in [-0.4, -0.2) is 46.2 Å². The van der Waals surface area contributed by atoms with Crippen molar-refractivity contribution < 1.29 is 19.1 Å². The Bertz CT molecular complexity index is 992. The van der Waals surface area contributed by atoms with Crippen LogP contribution in [0.2, 0.25) is 10.0 Å². The van der Waals surface area contributed by atoms with E-state index in [1.807, 2.05) is 0 Å². The van der Waals surface area contributed by atoms with Crippen molar-refractivity contribution in [1.29, 1.82) is 0 Å². The number of carbonyl (C=O) groups is 2. The summed E-state index contributed by atoms with van der Waals surface area (Å²) in [5, 5.41) is 8.74. The molecule has 29 heavy (non-hydrogen) atoms. The molecule has 0 amide bonds. The second-order valence-corrected chi connectivity index (χ2v) is 7.77. The van der Waals surface area contributed by atoms with Crippen LogP contribution in [0.1, 0.15) is 25.5 Å². The summed E-state index contributed by atoms with van der Waals surface area (Å²) in [6, 6.07) is 4.35. The van der Waals surface area contributed by atoms with Gasteiger partial charge in [0.25, 0.3) is 0 Å². The van der Waals surface area contributed by atoms with Gasteiger partial charge in [0.1, 0.15) is 6.04 Å². The van der Waals surface area contributed by atoms with E-state index in [-0.39, 0.29) is 12.4 Å². The van der Waals surface area contributed by atoms with Crippen molar-refractivity contribution in [1.82, 2.24) is 14.8 Å². The third-order valence-electron chi connectivity index (χ3n) is 4.13. The highest BCUT2D eigenvalue weighted by molar-refractivity contribution is 7.99. The average molecular weight is 457 g/mol. The number of thioether (sulfide) groups is 1. The van der Waals surface area contributed by atoms with Crippen LogP contribution in [0.25, 0.3) is 0 Å². The Hall–Kier alpha value is -2.23. The summed E-state index contributed by atoms with van der Waals surface area (Å²) >= 11 is 13.6. The van der Waals surface area contributed by atoms with E-state index in [9.17, 15) is 9.59 Å². The van der Waals surface area contributed by atoms with E-state index in [4.69, 9.17) is 27.9 Å². The third-order valence-corrected chi connectivity index (χ3v) is 5.51. The van der Waals surface area contributed by atoms with Crippen molar-refractivity contribution in [2.45, 2.75) is 25.0 Å². The van der Waals surface area contributed by atoms with Crippen LogP contribution >= 0.6 is 35.0 Å². The Labute approximate surface area is 181 Å². The largest absolute Gasteiger partial charge is 0.468 e. The van der Waals surface area contributed by atoms with Crippen LogP contribution in [0, 0.1) is 0 Å². The fraction of sp³-hybridized carbons (Fsp3) is 0.333. The van der Waals surface area contributed by atoms with E-state index < -0.39 is 18.0 Å². The van der Waals surface area contributed by atoms with Crippen molar-refractivity contribution in [3.63, 3.8) is 0 Å². The number of fused-ring (bicyclic) bond motifs is 1. The van der Waals surface area contributed by atoms with Gasteiger partial charge >= 0.3 is 11.9 Å². The zero-order valence-electron chi connectivity index (χ0n) is 15.9. The zero-order chi connectivity index (χ0) is 21.1. The Morgan fingerprint density at radius 1 is 1.34 bits per heavy atom. The van der Waals surface area contributed by atoms with Crippen LogP contribution in [-0.2, 0) is 19.1 Å². The molecule has 154 valence electrons. The van der Waals surface area contributed by atoms with Gasteiger partial charge < -0.3 is 14.8 Å². The summed E-state index contributed by atoms with van der Waals surface area (Å²) in [7, 11) is 1.31. The number of nitrogens with zero attached hydrogens (tertiary/aromatic N) is 3. The number of esters is 2. The first-order chi connectivity index (χ1) is 13.8. The lowest BCUT2D eigenvalue weighted by Gasteiger charge is -2.28. The minimum absolute atomic E-state index is 0.0590. The number of allylic oxidation sites excluding steroid dienone is 1. The van der Waals surface area contributed by atoms with Gasteiger partial charge in [-0.3, -0.25) is 4.79 Å². The highest BCUT2D eigenvalue weighted by atomic mass is 35.5. The molecule has 1 aliphatic heterocycles. The van der Waals surface area contributed by atoms with Gasteiger partial charge in [0.05, 0.1) is 25.0 Å². The van der Waals surface area contributed by atoms with Gasteiger partial charge in [-0.2, -0.15) is 4.98 Å². The first-order valence-electron chi connectivity index (χ1n) is 8.61. The molecule has 0 radical (unpaired) electrons. The number of anilines is 1. The van der Waals surface area contributed by atoms with Gasteiger partial charge in [0.15, 0.2) is 0 Å². The predicted molar refractivity (Wildman–Crippen MR) is 110 cm³/mol. The van der Waals surface area contributed by atoms with E-state index in [1.165, 1.54) is 7.11 Å². The number of aromatic nitrogens is 3. The van der Waals surface area contributed by atoms with E-state index >= 15 is 0 Å². The lowest BCUT2D eigenvalue weighted by Crippen LogP contribution is -2.29. The molecule has 1 aromatic heterocycles. The second kappa shape index (κ2) is 9.06. The monoisotopic (exact) mass is 456 g/mol. The SMILES string of the molecule is CCOC(=O)C1=C(C)Nc2nc(SCC(=O)OC)nn2C1c1ccc(Cl)cc1Cl. The average Bonchev–Trinajstić information content (AvgIpc) is 3.08. The molecular weight excluding hydrogens is 439 g/mol. The first-order valence-corrected chi connectivity index (χ1v) is 10.4. The minimum Gasteiger partial charge on any atom is -0.468 e. The maximum atomic E-state index is 12.7. The van der Waals surface area contributed by atoms with E-state index in [2.05, 4.69) is 20.1 Å². The molecule has 1 N–H and O–H groups in total. The first kappa shape index (κ1) is 21.5. The van der Waals surface area contributed by atoms with E-state index in [0.29, 0.717) is 38.0 Å². The summed E-state index contributed by atoms with van der Waals surface area (Å²) in [5.41, 5.74) is 1.55. The number of ether oxygens (including phenoxy) is 2. The maximum Gasteiger partial charge on any atom is 0.338 e. The molecule has 3 rings (SSSR count). The molecular formula is C18H18Cl2N4O4S. The Kier molecular flexibility index (Phi) is 6.71. The zero-order valence-corrected chi connectivity index (χ0v) is 18.2. The quantitative estimate of drug-likeness (QED) is 0.518. The van der Waals surface area contributed by atoms with Crippen LogP contribution in [0.5, 0.6) is 0 Å². The lowest BCUT2D eigenvalue weighted by molar-refractivity contribution is -0.139. The Morgan fingerprint density at radius 2 is 2.10 bits per heavy atom. The molecule has 1 unspecified atom stereocenters. The molecule has 2 aromatic rings. The topological polar surface area (TPSA) is 95.3 Å². The van der Waals surface area contributed by atoms with Crippen molar-refractivity contribution >= 4 is 52.9 Å². The van der Waals surface area contributed by atoms with Crippen LogP contribution in [0.3, 0.4) is 0 Å². The molecule has 1 aliphatic rings. The van der Waals surface area contributed by atoms with Crippen molar-refractivity contribution in [3.8, 4) is 0 Å². The summed E-state index contributed by atoms with van der Waals surface area (Å²) in [6.07, 6.45) is 0. The Morgan fingerprint density at radius 3 is 2.76 bits per heavy atom. The number of hydrogen-bond acceptors (Lipinski definition) is 8. The fourth-order valence-corrected chi connectivity index (χ4v) is 4.03. The number of rotatable bonds is 6. The minimum atomic E-state index is -0.671. The lowest BCUT2D eigenvalue weighted by atomic mass is 9.96. The van der Waals surface area contributed by atoms with Gasteiger partial charge in [-0.1, -0.05) is 41.0 Å². The van der Waals surface area contributed by atoms with Crippen LogP contribution < -0.4 is 5.32 Å². The van der Waals surface area contributed by atoms with Crippen LogP contribution in [0.4, 0.5) is 5.95 Å². The molecule has 0 fully saturated rings. The van der Waals surface area contributed by atoms with Crippen molar-refractivity contribution in [3.05, 3.63) is 45.1 Å². The standard InChI is InChI=1S/C18H18Cl2N4O4S/c1-4-28-16(26)14-9(2)21-17-22-18(29-8-13(25)27-3)23-24(17)15(14)11-6-5-10(19)7-12(11)20/h5-7,15H,4,8H2,1-3H3,(H,21,22,23). The predicted octanol–water partition coefficient (Wildman–Crippen LogP) is 3.70. The van der Waals surface area contributed by atoms with Gasteiger partial charge in [-0.05, 0) is 26.0 Å². The summed E-state index contributed by atoms with van der Waals surface area (Å²) in [6.45, 7) is 3.71. The molecule has 1 atom stereocenters. The van der Waals surface area contributed by atoms with Gasteiger partial charge in [-0.15, -0.1) is 5.10 Å². The third kappa shape index (κ3) is 4.52. The number of nitrogens with one attached hydrogen (secondary N) is 1. The molecule has 0 saturated carbocycles. The van der Waals surface area contributed by atoms with Gasteiger partial charge in [0.2, 0.25) is 11.1 Å². The molecule has 0 spiro atoms. The van der Waals surface area contributed by atoms with Crippen molar-refractivity contribution in [2.24, 2.45) is 0 Å². The smallest absolute Gasteiger partial charge is 0.338 e. The van der Waals surface area contributed by atoms with E-state index in [1.54, 1.807) is 36.7 Å². The van der Waals surface area contributed by atoms with E-state index in [0.717, 1.165) is 11.8 Å². The number of benzene rings is 1. The van der Waals surface area contributed by atoms with Gasteiger partial charge in [0, 0.05) is 21.3 Å². The molecule has 2 heterocycles. The number of hydrogen-bond donors (Lipinski definition) is 1. The normalized spacial score (nSPS) is 15.6. The number of halogens is 2. The molecule has 0 bridgehead atoms. The summed E-state index contributed by atoms with van der Waals surface area (Å²) in [5.74, 6) is -0.407. The van der Waals surface area contributed by atoms with Crippen molar-refractivity contribution in [2.75, 3.05) is 24.8 Å². The molecule has 0 aliphatic carbocycles.